The van der Waals surface area contributed by atoms with E-state index in [1.165, 1.54) is 25.3 Å². The van der Waals surface area contributed by atoms with Gasteiger partial charge >= 0.3 is 0 Å². The molecule has 2 rings (SSSR count). The lowest BCUT2D eigenvalue weighted by Crippen LogP contribution is -2.12. The Labute approximate surface area is 136 Å². The minimum Gasteiger partial charge on any atom is -0.488 e. The lowest BCUT2D eigenvalue weighted by atomic mass is 10.2. The van der Waals surface area contributed by atoms with Crippen LogP contribution in [0, 0.1) is 5.82 Å². The molecule has 0 aliphatic rings. The summed E-state index contributed by atoms with van der Waals surface area (Å²) in [4.78, 5) is 10.8. The molecule has 2 aromatic rings. The van der Waals surface area contributed by atoms with Crippen LogP contribution in [-0.2, 0) is 11.4 Å². The Bertz CT molecular complexity index is 687. The van der Waals surface area contributed by atoms with Gasteiger partial charge in [-0.1, -0.05) is 28.1 Å². The molecule has 114 valence electrons. The first-order valence-electron chi connectivity index (χ1n) is 6.51. The van der Waals surface area contributed by atoms with Crippen molar-refractivity contribution in [3.05, 3.63) is 63.9 Å². The maximum atomic E-state index is 12.9. The highest BCUT2D eigenvalue weighted by molar-refractivity contribution is 9.10. The van der Waals surface area contributed by atoms with Crippen molar-refractivity contribution < 1.29 is 13.9 Å². The normalized spacial score (nSPS) is 10.7. The summed E-state index contributed by atoms with van der Waals surface area (Å²) < 4.78 is 19.5. The average Bonchev–Trinajstić information content (AvgIpc) is 2.48. The van der Waals surface area contributed by atoms with Gasteiger partial charge in [-0.2, -0.15) is 5.10 Å². The summed E-state index contributed by atoms with van der Waals surface area (Å²) in [5, 5.41) is 3.83. The third-order valence-corrected chi connectivity index (χ3v) is 3.20. The quantitative estimate of drug-likeness (QED) is 0.650. The number of nitrogens with one attached hydrogen (secondary N) is 1. The highest BCUT2D eigenvalue weighted by atomic mass is 79.9. The van der Waals surface area contributed by atoms with E-state index in [-0.39, 0.29) is 11.7 Å². The van der Waals surface area contributed by atoms with Gasteiger partial charge < -0.3 is 4.74 Å². The Hall–Kier alpha value is -2.21. The first kappa shape index (κ1) is 16.2. The van der Waals surface area contributed by atoms with E-state index in [9.17, 15) is 9.18 Å². The monoisotopic (exact) mass is 364 g/mol. The number of benzene rings is 2. The number of nitrogens with zero attached hydrogens (tertiary/aromatic N) is 1. The molecule has 0 saturated carbocycles. The molecule has 0 spiro atoms. The van der Waals surface area contributed by atoms with Crippen molar-refractivity contribution >= 4 is 28.1 Å². The summed E-state index contributed by atoms with van der Waals surface area (Å²) in [5.74, 6) is 0.0807. The van der Waals surface area contributed by atoms with E-state index in [2.05, 4.69) is 26.5 Å². The zero-order valence-corrected chi connectivity index (χ0v) is 13.4. The lowest BCUT2D eigenvalue weighted by molar-refractivity contribution is -0.118. The molecule has 0 aromatic heterocycles. The minimum absolute atomic E-state index is 0.250. The van der Waals surface area contributed by atoms with Crippen LogP contribution in [0.4, 0.5) is 4.39 Å². The Morgan fingerprint density at radius 1 is 1.32 bits per heavy atom. The zero-order valence-electron chi connectivity index (χ0n) is 11.8. The van der Waals surface area contributed by atoms with E-state index >= 15 is 0 Å². The molecule has 0 aliphatic heterocycles. The van der Waals surface area contributed by atoms with Crippen molar-refractivity contribution in [2.45, 2.75) is 13.5 Å². The van der Waals surface area contributed by atoms with Crippen molar-refractivity contribution in [3.8, 4) is 5.75 Å². The Morgan fingerprint density at radius 2 is 2.05 bits per heavy atom. The van der Waals surface area contributed by atoms with E-state index < -0.39 is 0 Å². The molecule has 4 nitrogen and oxygen atoms in total. The summed E-state index contributed by atoms with van der Waals surface area (Å²) in [5.41, 5.74) is 3.91. The largest absolute Gasteiger partial charge is 0.488 e. The van der Waals surface area contributed by atoms with Crippen LogP contribution >= 0.6 is 15.9 Å². The van der Waals surface area contributed by atoms with E-state index in [0.717, 1.165) is 10.0 Å². The molecule has 0 bridgehead atoms. The number of halogens is 2. The van der Waals surface area contributed by atoms with Gasteiger partial charge in [-0.3, -0.25) is 4.79 Å². The molecule has 0 heterocycles. The second-order valence-electron chi connectivity index (χ2n) is 4.52. The summed E-state index contributed by atoms with van der Waals surface area (Å²) >= 11 is 3.37. The summed E-state index contributed by atoms with van der Waals surface area (Å²) in [7, 11) is 0. The Kier molecular flexibility index (Phi) is 5.66. The predicted molar refractivity (Wildman–Crippen MR) is 86.3 cm³/mol. The van der Waals surface area contributed by atoms with Gasteiger partial charge in [0, 0.05) is 17.0 Å². The highest BCUT2D eigenvalue weighted by Gasteiger charge is 2.04. The first-order valence-corrected chi connectivity index (χ1v) is 7.30. The zero-order chi connectivity index (χ0) is 15.9. The topological polar surface area (TPSA) is 50.7 Å². The van der Waals surface area contributed by atoms with Crippen LogP contribution in [0.5, 0.6) is 5.75 Å². The van der Waals surface area contributed by atoms with E-state index in [1.54, 1.807) is 18.2 Å². The van der Waals surface area contributed by atoms with Gasteiger partial charge in [-0.25, -0.2) is 9.82 Å². The van der Waals surface area contributed by atoms with Crippen LogP contribution < -0.4 is 10.2 Å². The summed E-state index contributed by atoms with van der Waals surface area (Å²) in [6, 6.07) is 11.6. The summed E-state index contributed by atoms with van der Waals surface area (Å²) in [6.45, 7) is 1.69. The second kappa shape index (κ2) is 7.70. The van der Waals surface area contributed by atoms with Crippen molar-refractivity contribution in [3.63, 3.8) is 0 Å². The second-order valence-corrected chi connectivity index (χ2v) is 5.44. The molecule has 1 amide bonds. The number of hydrogen-bond donors (Lipinski definition) is 1. The standard InChI is InChI=1S/C16H14BrFN2O2/c1-11(21)20-19-9-13-8-14(17)4-7-16(13)22-10-12-2-5-15(18)6-3-12/h2-9H,10H2,1H3,(H,20,21)/b19-9+. The maximum Gasteiger partial charge on any atom is 0.236 e. The van der Waals surface area contributed by atoms with Crippen LogP contribution in [0.1, 0.15) is 18.1 Å². The van der Waals surface area contributed by atoms with Gasteiger partial charge in [-0.15, -0.1) is 0 Å². The van der Waals surface area contributed by atoms with Crippen molar-refractivity contribution in [1.82, 2.24) is 5.43 Å². The van der Waals surface area contributed by atoms with Crippen LogP contribution in [0.2, 0.25) is 0 Å². The fraction of sp³-hybridized carbons (Fsp3) is 0.125. The highest BCUT2D eigenvalue weighted by Crippen LogP contribution is 2.22. The maximum absolute atomic E-state index is 12.9. The molecule has 0 atom stereocenters. The van der Waals surface area contributed by atoms with E-state index in [0.29, 0.717) is 17.9 Å². The third kappa shape index (κ3) is 4.96. The molecule has 0 saturated heterocycles. The molecule has 2 aromatic carbocycles. The van der Waals surface area contributed by atoms with Crippen molar-refractivity contribution in [1.29, 1.82) is 0 Å². The Balaban J connectivity index is 2.10. The van der Waals surface area contributed by atoms with E-state index in [4.69, 9.17) is 4.74 Å². The molecule has 0 aliphatic carbocycles. The SMILES string of the molecule is CC(=O)N/N=C/c1cc(Br)ccc1OCc1ccc(F)cc1. The van der Waals surface area contributed by atoms with Crippen LogP contribution in [0.15, 0.2) is 52.0 Å². The van der Waals surface area contributed by atoms with Crippen molar-refractivity contribution in [2.24, 2.45) is 5.10 Å². The first-order chi connectivity index (χ1) is 10.5. The van der Waals surface area contributed by atoms with Gasteiger partial charge in [0.25, 0.3) is 0 Å². The molecular formula is C16H14BrFN2O2. The summed E-state index contributed by atoms with van der Waals surface area (Å²) in [6.07, 6.45) is 1.51. The molecule has 1 N–H and O–H groups in total. The fourth-order valence-electron chi connectivity index (χ4n) is 1.69. The van der Waals surface area contributed by atoms with Gasteiger partial charge in [-0.05, 0) is 35.9 Å². The smallest absolute Gasteiger partial charge is 0.236 e. The van der Waals surface area contributed by atoms with Gasteiger partial charge in [0.1, 0.15) is 18.2 Å². The molecule has 6 heteroatoms. The minimum atomic E-state index is -0.282. The molecule has 0 radical (unpaired) electrons. The number of hydrogen-bond acceptors (Lipinski definition) is 3. The number of hydrazone groups is 1. The van der Waals surface area contributed by atoms with Crippen LogP contribution in [0.25, 0.3) is 0 Å². The van der Waals surface area contributed by atoms with Crippen LogP contribution in [-0.4, -0.2) is 12.1 Å². The number of amides is 1. The average molecular weight is 365 g/mol. The van der Waals surface area contributed by atoms with Gasteiger partial charge in [0.15, 0.2) is 0 Å². The molecule has 0 fully saturated rings. The lowest BCUT2D eigenvalue weighted by Gasteiger charge is -2.09. The van der Waals surface area contributed by atoms with Crippen molar-refractivity contribution in [2.75, 3.05) is 0 Å². The van der Waals surface area contributed by atoms with Gasteiger partial charge in [0.2, 0.25) is 5.91 Å². The number of carbonyl (C=O) groups is 1. The molecular weight excluding hydrogens is 351 g/mol. The Morgan fingerprint density at radius 3 is 2.73 bits per heavy atom. The number of ether oxygens (including phenoxy) is 1. The van der Waals surface area contributed by atoms with Gasteiger partial charge in [0.05, 0.1) is 6.21 Å². The van der Waals surface area contributed by atoms with Crippen LogP contribution in [0.3, 0.4) is 0 Å². The third-order valence-electron chi connectivity index (χ3n) is 2.71. The molecule has 22 heavy (non-hydrogen) atoms. The molecule has 0 unspecified atom stereocenters. The number of rotatable bonds is 5. The number of carbonyl (C=O) groups excluding carboxylic acids is 1. The van der Waals surface area contributed by atoms with E-state index in [1.807, 2.05) is 12.1 Å². The predicted octanol–water partition coefficient (Wildman–Crippen LogP) is 3.64. The fourth-order valence-corrected chi connectivity index (χ4v) is 2.06.